The van der Waals surface area contributed by atoms with Crippen LogP contribution in [-0.4, -0.2) is 52.1 Å². The summed E-state index contributed by atoms with van der Waals surface area (Å²) in [6, 6.07) is 1.81. The number of nitrogens with zero attached hydrogens (tertiary/aromatic N) is 5. The Bertz CT molecular complexity index is 710. The first-order valence-electron chi connectivity index (χ1n) is 8.05. The Morgan fingerprint density at radius 1 is 1.25 bits per heavy atom. The van der Waals surface area contributed by atoms with E-state index >= 15 is 0 Å². The van der Waals surface area contributed by atoms with Crippen molar-refractivity contribution >= 4 is 23.2 Å². The quantitative estimate of drug-likeness (QED) is 0.922. The molecular weight excluding hydrogens is 324 g/mol. The van der Waals surface area contributed by atoms with Crippen molar-refractivity contribution in [1.82, 2.24) is 25.2 Å². The Hall–Kier alpha value is -2.22. The molecule has 0 aliphatic carbocycles. The number of hydrogen-bond acceptors (Lipinski definition) is 6. The van der Waals surface area contributed by atoms with Gasteiger partial charge in [-0.25, -0.2) is 19.7 Å². The molecule has 0 spiro atoms. The maximum atomic E-state index is 12.4. The van der Waals surface area contributed by atoms with Gasteiger partial charge in [0.1, 0.15) is 16.6 Å². The highest BCUT2D eigenvalue weighted by Crippen LogP contribution is 2.19. The van der Waals surface area contributed by atoms with E-state index in [-0.39, 0.29) is 12.1 Å². The number of thiazole rings is 1. The number of anilines is 1. The van der Waals surface area contributed by atoms with E-state index in [9.17, 15) is 4.79 Å². The summed E-state index contributed by atoms with van der Waals surface area (Å²) < 4.78 is 0. The average molecular weight is 346 g/mol. The van der Waals surface area contributed by atoms with Crippen LogP contribution in [0.25, 0.3) is 0 Å². The molecule has 7 nitrogen and oxygen atoms in total. The fourth-order valence-corrected chi connectivity index (χ4v) is 3.45. The minimum atomic E-state index is -0.0706. The molecule has 1 saturated heterocycles. The molecule has 0 bridgehead atoms. The second kappa shape index (κ2) is 7.12. The highest BCUT2D eigenvalue weighted by atomic mass is 32.1. The van der Waals surface area contributed by atoms with Gasteiger partial charge in [0, 0.05) is 43.4 Å². The number of piperazine rings is 1. The van der Waals surface area contributed by atoms with Crippen LogP contribution in [0.5, 0.6) is 0 Å². The lowest BCUT2D eigenvalue weighted by Gasteiger charge is -2.35. The fourth-order valence-electron chi connectivity index (χ4n) is 2.67. The normalized spacial score (nSPS) is 16.1. The largest absolute Gasteiger partial charge is 0.353 e. The number of urea groups is 1. The first kappa shape index (κ1) is 16.6. The summed E-state index contributed by atoms with van der Waals surface area (Å²) in [6.45, 7) is 8.77. The molecule has 128 valence electrons. The topological polar surface area (TPSA) is 74.2 Å². The number of rotatable bonds is 3. The van der Waals surface area contributed by atoms with Crippen LogP contribution < -0.4 is 10.2 Å². The molecule has 0 saturated carbocycles. The maximum absolute atomic E-state index is 12.4. The van der Waals surface area contributed by atoms with Crippen LogP contribution in [0.4, 0.5) is 10.6 Å². The number of amides is 2. The Kier molecular flexibility index (Phi) is 4.94. The number of carbonyl (C=O) groups is 1. The van der Waals surface area contributed by atoms with Crippen LogP contribution >= 0.6 is 11.3 Å². The Morgan fingerprint density at radius 2 is 2.00 bits per heavy atom. The van der Waals surface area contributed by atoms with Gasteiger partial charge in [0.15, 0.2) is 0 Å². The van der Waals surface area contributed by atoms with Gasteiger partial charge in [-0.1, -0.05) is 0 Å². The monoisotopic (exact) mass is 346 g/mol. The molecule has 1 atom stereocenters. The van der Waals surface area contributed by atoms with E-state index in [2.05, 4.69) is 25.2 Å². The molecule has 2 aromatic rings. The molecule has 3 rings (SSSR count). The van der Waals surface area contributed by atoms with Crippen molar-refractivity contribution in [2.75, 3.05) is 31.1 Å². The van der Waals surface area contributed by atoms with Gasteiger partial charge < -0.3 is 15.1 Å². The predicted octanol–water partition coefficient (Wildman–Crippen LogP) is 2.14. The van der Waals surface area contributed by atoms with Crippen LogP contribution in [0.15, 0.2) is 18.5 Å². The van der Waals surface area contributed by atoms with Crippen molar-refractivity contribution in [2.24, 2.45) is 0 Å². The molecule has 0 aromatic carbocycles. The third-order valence-electron chi connectivity index (χ3n) is 4.00. The maximum Gasteiger partial charge on any atom is 0.318 e. The molecule has 1 N–H and O–H groups in total. The highest BCUT2D eigenvalue weighted by Gasteiger charge is 2.23. The van der Waals surface area contributed by atoms with E-state index < -0.39 is 0 Å². The number of aryl methyl sites for hydroxylation is 2. The zero-order valence-electron chi connectivity index (χ0n) is 14.2. The summed E-state index contributed by atoms with van der Waals surface area (Å²) in [7, 11) is 0. The van der Waals surface area contributed by atoms with Crippen molar-refractivity contribution in [3.05, 3.63) is 34.2 Å². The molecular formula is C16H22N6OS. The first-order chi connectivity index (χ1) is 11.5. The second-order valence-electron chi connectivity index (χ2n) is 5.92. The van der Waals surface area contributed by atoms with Crippen LogP contribution in [-0.2, 0) is 0 Å². The lowest BCUT2D eigenvalue weighted by molar-refractivity contribution is 0.191. The van der Waals surface area contributed by atoms with Crippen molar-refractivity contribution in [3.63, 3.8) is 0 Å². The Labute approximate surface area is 145 Å². The standard InChI is InChI=1S/C16H22N6OS/c1-11-10-18-15(24-11)12(2)19-16(23)22-8-6-21(7-9-22)14-4-5-17-13(3)20-14/h4-5,10,12H,6-9H2,1-3H3,(H,19,23)/t12-/m1/s1. The number of hydrogen-bond donors (Lipinski definition) is 1. The number of carbonyl (C=O) groups excluding carboxylic acids is 1. The molecule has 2 aromatic heterocycles. The molecule has 1 aliphatic heterocycles. The second-order valence-corrected chi connectivity index (χ2v) is 7.18. The van der Waals surface area contributed by atoms with Gasteiger partial charge in [0.25, 0.3) is 0 Å². The average Bonchev–Trinajstić information content (AvgIpc) is 3.01. The minimum absolute atomic E-state index is 0.0335. The van der Waals surface area contributed by atoms with Crippen molar-refractivity contribution in [1.29, 1.82) is 0 Å². The van der Waals surface area contributed by atoms with Gasteiger partial charge in [0.2, 0.25) is 0 Å². The van der Waals surface area contributed by atoms with E-state index in [0.717, 1.165) is 34.6 Å². The smallest absolute Gasteiger partial charge is 0.318 e. The molecule has 24 heavy (non-hydrogen) atoms. The van der Waals surface area contributed by atoms with Gasteiger partial charge in [-0.15, -0.1) is 11.3 Å². The number of nitrogens with one attached hydrogen (secondary N) is 1. The van der Waals surface area contributed by atoms with Crippen molar-refractivity contribution in [2.45, 2.75) is 26.8 Å². The predicted molar refractivity (Wildman–Crippen MR) is 94.4 cm³/mol. The van der Waals surface area contributed by atoms with Gasteiger partial charge in [0.05, 0.1) is 6.04 Å². The van der Waals surface area contributed by atoms with Gasteiger partial charge >= 0.3 is 6.03 Å². The van der Waals surface area contributed by atoms with Gasteiger partial charge in [-0.2, -0.15) is 0 Å². The van der Waals surface area contributed by atoms with E-state index in [4.69, 9.17) is 0 Å². The van der Waals surface area contributed by atoms with Crippen LogP contribution in [0.2, 0.25) is 0 Å². The Balaban J connectivity index is 1.53. The van der Waals surface area contributed by atoms with Gasteiger partial charge in [-0.3, -0.25) is 0 Å². The lowest BCUT2D eigenvalue weighted by atomic mass is 10.3. The SMILES string of the molecule is Cc1nccc(N2CCN(C(=O)N[C@H](C)c3ncc(C)s3)CC2)n1. The molecule has 1 aliphatic rings. The number of aromatic nitrogens is 3. The van der Waals surface area contributed by atoms with E-state index in [0.29, 0.717) is 13.1 Å². The fraction of sp³-hybridized carbons (Fsp3) is 0.500. The van der Waals surface area contributed by atoms with Crippen molar-refractivity contribution < 1.29 is 4.79 Å². The zero-order valence-corrected chi connectivity index (χ0v) is 15.0. The molecule has 2 amide bonds. The minimum Gasteiger partial charge on any atom is -0.353 e. The van der Waals surface area contributed by atoms with Crippen LogP contribution in [0.3, 0.4) is 0 Å². The van der Waals surface area contributed by atoms with Crippen LogP contribution in [0, 0.1) is 13.8 Å². The summed E-state index contributed by atoms with van der Waals surface area (Å²) in [6.07, 6.45) is 3.61. The summed E-state index contributed by atoms with van der Waals surface area (Å²) >= 11 is 1.62. The lowest BCUT2D eigenvalue weighted by Crippen LogP contribution is -2.52. The molecule has 8 heteroatoms. The third kappa shape index (κ3) is 3.81. The molecule has 0 radical (unpaired) electrons. The van der Waals surface area contributed by atoms with E-state index in [1.54, 1.807) is 17.5 Å². The molecule has 0 unspecified atom stereocenters. The Morgan fingerprint density at radius 3 is 2.62 bits per heavy atom. The molecule has 3 heterocycles. The summed E-state index contributed by atoms with van der Waals surface area (Å²) in [5.41, 5.74) is 0. The van der Waals surface area contributed by atoms with Crippen molar-refractivity contribution in [3.8, 4) is 0 Å². The van der Waals surface area contributed by atoms with E-state index in [1.807, 2.05) is 37.9 Å². The summed E-state index contributed by atoms with van der Waals surface area (Å²) in [5, 5.41) is 3.97. The molecule has 1 fully saturated rings. The highest BCUT2D eigenvalue weighted by molar-refractivity contribution is 7.11. The first-order valence-corrected chi connectivity index (χ1v) is 8.87. The summed E-state index contributed by atoms with van der Waals surface area (Å²) in [5.74, 6) is 1.69. The van der Waals surface area contributed by atoms with Crippen LogP contribution in [0.1, 0.15) is 28.7 Å². The van der Waals surface area contributed by atoms with Gasteiger partial charge in [-0.05, 0) is 26.8 Å². The van der Waals surface area contributed by atoms with E-state index in [1.165, 1.54) is 0 Å². The third-order valence-corrected chi connectivity index (χ3v) is 5.10. The zero-order chi connectivity index (χ0) is 17.1. The summed E-state index contributed by atoms with van der Waals surface area (Å²) in [4.78, 5) is 30.5.